The molecule has 0 radical (unpaired) electrons. The first kappa shape index (κ1) is 13.4. The van der Waals surface area contributed by atoms with Gasteiger partial charge in [0, 0.05) is 30.0 Å². The van der Waals surface area contributed by atoms with Crippen LogP contribution in [0.15, 0.2) is 12.4 Å². The Kier molecular flexibility index (Phi) is 3.87. The van der Waals surface area contributed by atoms with E-state index in [4.69, 9.17) is 0 Å². The van der Waals surface area contributed by atoms with Gasteiger partial charge in [0.25, 0.3) is 0 Å². The van der Waals surface area contributed by atoms with Crippen molar-refractivity contribution in [2.24, 2.45) is 7.05 Å². The van der Waals surface area contributed by atoms with Crippen LogP contribution in [0, 0.1) is 6.92 Å². The van der Waals surface area contributed by atoms with E-state index in [2.05, 4.69) is 27.5 Å². The third-order valence-corrected chi connectivity index (χ3v) is 4.32. The van der Waals surface area contributed by atoms with E-state index >= 15 is 0 Å². The van der Waals surface area contributed by atoms with Crippen molar-refractivity contribution in [2.75, 3.05) is 6.54 Å². The average molecular weight is 273 g/mol. The number of hydrogen-bond acceptors (Lipinski definition) is 3. The van der Waals surface area contributed by atoms with Crippen LogP contribution in [0.2, 0.25) is 0 Å². The maximum absolute atomic E-state index is 4.39. The maximum atomic E-state index is 4.39. The Balaban J connectivity index is 1.51. The second kappa shape index (κ2) is 5.79. The molecule has 0 spiro atoms. The summed E-state index contributed by atoms with van der Waals surface area (Å²) in [5.41, 5.74) is 5.33. The van der Waals surface area contributed by atoms with E-state index in [-0.39, 0.29) is 0 Å². The van der Waals surface area contributed by atoms with Crippen molar-refractivity contribution in [1.29, 1.82) is 0 Å². The summed E-state index contributed by atoms with van der Waals surface area (Å²) in [4.78, 5) is 0. The number of nitrogens with one attached hydrogen (secondary N) is 2. The Bertz CT molecular complexity index is 569. The van der Waals surface area contributed by atoms with Crippen LogP contribution >= 0.6 is 0 Å². The highest BCUT2D eigenvalue weighted by atomic mass is 15.3. The Labute approximate surface area is 119 Å². The van der Waals surface area contributed by atoms with Gasteiger partial charge < -0.3 is 5.32 Å². The molecular weight excluding hydrogens is 250 g/mol. The van der Waals surface area contributed by atoms with Crippen molar-refractivity contribution in [2.45, 2.75) is 45.1 Å². The number of aromatic amines is 1. The molecule has 5 nitrogen and oxygen atoms in total. The Morgan fingerprint density at radius 2 is 2.35 bits per heavy atom. The van der Waals surface area contributed by atoms with Crippen LogP contribution in [-0.2, 0) is 19.9 Å². The van der Waals surface area contributed by atoms with E-state index in [1.54, 1.807) is 0 Å². The molecule has 2 N–H and O–H groups in total. The van der Waals surface area contributed by atoms with Crippen molar-refractivity contribution in [3.05, 3.63) is 34.9 Å². The lowest BCUT2D eigenvalue weighted by Crippen LogP contribution is -2.26. The van der Waals surface area contributed by atoms with Gasteiger partial charge in [-0.15, -0.1) is 0 Å². The Morgan fingerprint density at radius 1 is 1.45 bits per heavy atom. The minimum atomic E-state index is 0.484. The van der Waals surface area contributed by atoms with Gasteiger partial charge in [-0.25, -0.2) is 0 Å². The second-order valence-corrected chi connectivity index (χ2v) is 5.69. The van der Waals surface area contributed by atoms with Crippen LogP contribution in [0.1, 0.15) is 47.8 Å². The molecule has 108 valence electrons. The molecule has 5 heteroatoms. The standard InChI is InChI=1S/C15H23N5/c1-11-12(9-17-19-11)5-4-8-16-14-6-3-7-15-13(14)10-18-20(15)2/h9-10,14,16H,3-8H2,1-2H3,(H,17,19). The second-order valence-electron chi connectivity index (χ2n) is 5.69. The molecule has 1 unspecified atom stereocenters. The summed E-state index contributed by atoms with van der Waals surface area (Å²) in [6.45, 7) is 3.13. The van der Waals surface area contributed by atoms with Gasteiger partial charge in [0.05, 0.1) is 12.4 Å². The molecule has 0 amide bonds. The number of H-pyrrole nitrogens is 1. The fourth-order valence-electron chi connectivity index (χ4n) is 3.10. The van der Waals surface area contributed by atoms with Crippen LogP contribution < -0.4 is 5.32 Å². The molecule has 3 rings (SSSR count). The molecule has 0 saturated carbocycles. The van der Waals surface area contributed by atoms with Crippen molar-refractivity contribution < 1.29 is 0 Å². The SMILES string of the molecule is Cc1[nH]ncc1CCCNC1CCCc2c1cnn2C. The zero-order valence-electron chi connectivity index (χ0n) is 12.3. The Morgan fingerprint density at radius 3 is 3.15 bits per heavy atom. The van der Waals surface area contributed by atoms with E-state index in [1.165, 1.54) is 35.4 Å². The summed E-state index contributed by atoms with van der Waals surface area (Å²) in [7, 11) is 2.04. The zero-order valence-corrected chi connectivity index (χ0v) is 12.3. The summed E-state index contributed by atoms with van der Waals surface area (Å²) < 4.78 is 2.03. The minimum absolute atomic E-state index is 0.484. The molecule has 0 aliphatic heterocycles. The van der Waals surface area contributed by atoms with Crippen molar-refractivity contribution in [1.82, 2.24) is 25.3 Å². The predicted octanol–water partition coefficient (Wildman–Crippen LogP) is 2.05. The molecule has 2 aromatic heterocycles. The van der Waals surface area contributed by atoms with Crippen molar-refractivity contribution in [3.8, 4) is 0 Å². The Hall–Kier alpha value is -1.62. The van der Waals surface area contributed by atoms with Gasteiger partial charge in [0.2, 0.25) is 0 Å². The first-order valence-electron chi connectivity index (χ1n) is 7.48. The summed E-state index contributed by atoms with van der Waals surface area (Å²) in [5, 5.41) is 15.1. The molecule has 0 bridgehead atoms. The van der Waals surface area contributed by atoms with Gasteiger partial charge in [-0.2, -0.15) is 10.2 Å². The average Bonchev–Trinajstić information content (AvgIpc) is 3.03. The number of nitrogens with zero attached hydrogens (tertiary/aromatic N) is 3. The fraction of sp³-hybridized carbons (Fsp3) is 0.600. The quantitative estimate of drug-likeness (QED) is 0.820. The van der Waals surface area contributed by atoms with Gasteiger partial charge >= 0.3 is 0 Å². The number of aromatic nitrogens is 4. The first-order valence-corrected chi connectivity index (χ1v) is 7.48. The van der Waals surface area contributed by atoms with Crippen molar-refractivity contribution in [3.63, 3.8) is 0 Å². The predicted molar refractivity (Wildman–Crippen MR) is 78.5 cm³/mol. The number of rotatable bonds is 5. The van der Waals surface area contributed by atoms with Crippen LogP contribution in [0.5, 0.6) is 0 Å². The molecule has 0 fully saturated rings. The highest BCUT2D eigenvalue weighted by Gasteiger charge is 2.22. The topological polar surface area (TPSA) is 58.5 Å². The highest BCUT2D eigenvalue weighted by molar-refractivity contribution is 5.24. The highest BCUT2D eigenvalue weighted by Crippen LogP contribution is 2.28. The van der Waals surface area contributed by atoms with Crippen molar-refractivity contribution >= 4 is 0 Å². The molecule has 2 aromatic rings. The monoisotopic (exact) mass is 273 g/mol. The lowest BCUT2D eigenvalue weighted by Gasteiger charge is -2.23. The number of aryl methyl sites for hydroxylation is 3. The fourth-order valence-corrected chi connectivity index (χ4v) is 3.10. The normalized spacial score (nSPS) is 18.2. The van der Waals surface area contributed by atoms with Gasteiger partial charge in [-0.3, -0.25) is 9.78 Å². The maximum Gasteiger partial charge on any atom is 0.0540 e. The molecular formula is C15H23N5. The largest absolute Gasteiger partial charge is 0.310 e. The van der Waals surface area contributed by atoms with Crippen LogP contribution in [-0.4, -0.2) is 26.5 Å². The van der Waals surface area contributed by atoms with E-state index < -0.39 is 0 Å². The zero-order chi connectivity index (χ0) is 13.9. The summed E-state index contributed by atoms with van der Waals surface area (Å²) in [5.74, 6) is 0. The first-order chi connectivity index (χ1) is 9.75. The molecule has 1 aliphatic carbocycles. The molecule has 0 aromatic carbocycles. The van der Waals surface area contributed by atoms with E-state index in [0.29, 0.717) is 6.04 Å². The minimum Gasteiger partial charge on any atom is -0.310 e. The summed E-state index contributed by atoms with van der Waals surface area (Å²) in [6.07, 6.45) is 9.85. The molecule has 1 atom stereocenters. The van der Waals surface area contributed by atoms with E-state index in [0.717, 1.165) is 25.8 Å². The number of hydrogen-bond donors (Lipinski definition) is 2. The van der Waals surface area contributed by atoms with E-state index in [9.17, 15) is 0 Å². The smallest absolute Gasteiger partial charge is 0.0540 e. The van der Waals surface area contributed by atoms with Gasteiger partial charge in [0.1, 0.15) is 0 Å². The molecule has 1 aliphatic rings. The van der Waals surface area contributed by atoms with Crippen LogP contribution in [0.25, 0.3) is 0 Å². The lowest BCUT2D eigenvalue weighted by molar-refractivity contribution is 0.449. The lowest BCUT2D eigenvalue weighted by atomic mass is 9.93. The van der Waals surface area contributed by atoms with Gasteiger partial charge in [-0.1, -0.05) is 0 Å². The summed E-state index contributed by atoms with van der Waals surface area (Å²) in [6, 6.07) is 0.484. The van der Waals surface area contributed by atoms with Gasteiger partial charge in [0.15, 0.2) is 0 Å². The third-order valence-electron chi connectivity index (χ3n) is 4.32. The summed E-state index contributed by atoms with van der Waals surface area (Å²) >= 11 is 0. The number of fused-ring (bicyclic) bond motifs is 1. The third kappa shape index (κ3) is 2.63. The molecule has 2 heterocycles. The molecule has 0 saturated heterocycles. The van der Waals surface area contributed by atoms with E-state index in [1.807, 2.05) is 24.1 Å². The van der Waals surface area contributed by atoms with Crippen LogP contribution in [0.4, 0.5) is 0 Å². The van der Waals surface area contributed by atoms with Gasteiger partial charge in [-0.05, 0) is 51.1 Å². The molecule has 20 heavy (non-hydrogen) atoms. The van der Waals surface area contributed by atoms with Crippen LogP contribution in [0.3, 0.4) is 0 Å².